The van der Waals surface area contributed by atoms with Crippen molar-refractivity contribution in [1.82, 2.24) is 5.32 Å². The molecular weight excluding hydrogens is 386 g/mol. The standard InChI is InChI=1S/C16H20N2.C7H6ClNO2/c1-12(2)10-18-11-14-8-7-13(9-17)15-5-3-4-6-16(14)15;8-5-3-4(7(9)11)1-2-6(5)10/h3-9,12,17-18H,10-11H2,1-2H3;1-3,10H,(H2,9,11). The number of carbonyl (C=O) groups excluding carboxylic acids is 1. The molecule has 5 N–H and O–H groups in total. The van der Waals surface area contributed by atoms with Gasteiger partial charge >= 0.3 is 0 Å². The van der Waals surface area contributed by atoms with Gasteiger partial charge in [0, 0.05) is 18.3 Å². The molecule has 0 heterocycles. The number of halogens is 1. The Morgan fingerprint density at radius 1 is 1.17 bits per heavy atom. The average Bonchev–Trinajstić information content (AvgIpc) is 2.70. The van der Waals surface area contributed by atoms with Gasteiger partial charge in [-0.25, -0.2) is 0 Å². The van der Waals surface area contributed by atoms with Gasteiger partial charge in [-0.05, 0) is 52.6 Å². The first kappa shape index (κ1) is 22.4. The van der Waals surface area contributed by atoms with Crippen LogP contribution in [0, 0.1) is 11.3 Å². The van der Waals surface area contributed by atoms with E-state index in [1.807, 2.05) is 12.1 Å². The number of amides is 1. The summed E-state index contributed by atoms with van der Waals surface area (Å²) in [5.74, 6) is 0.0423. The van der Waals surface area contributed by atoms with Crippen molar-refractivity contribution in [2.45, 2.75) is 20.4 Å². The summed E-state index contributed by atoms with van der Waals surface area (Å²) in [5, 5.41) is 22.4. The van der Waals surface area contributed by atoms with Gasteiger partial charge in [-0.15, -0.1) is 0 Å². The van der Waals surface area contributed by atoms with E-state index < -0.39 is 5.91 Å². The van der Waals surface area contributed by atoms with E-state index in [1.165, 1.54) is 35.4 Å². The van der Waals surface area contributed by atoms with Gasteiger partial charge in [0.2, 0.25) is 5.91 Å². The Bertz CT molecular complexity index is 1000. The van der Waals surface area contributed by atoms with Gasteiger partial charge in [0.1, 0.15) is 5.75 Å². The van der Waals surface area contributed by atoms with E-state index in [0.717, 1.165) is 24.0 Å². The number of hydrogen-bond acceptors (Lipinski definition) is 4. The predicted molar refractivity (Wildman–Crippen MR) is 120 cm³/mol. The molecule has 152 valence electrons. The first-order valence-electron chi connectivity index (χ1n) is 9.33. The maximum atomic E-state index is 10.5. The van der Waals surface area contributed by atoms with E-state index in [4.69, 9.17) is 27.9 Å². The highest BCUT2D eigenvalue weighted by Crippen LogP contribution is 2.23. The molecule has 0 aromatic heterocycles. The van der Waals surface area contributed by atoms with Gasteiger partial charge < -0.3 is 21.6 Å². The highest BCUT2D eigenvalue weighted by atomic mass is 35.5. The maximum absolute atomic E-state index is 10.5. The minimum Gasteiger partial charge on any atom is -0.506 e. The minimum atomic E-state index is -0.563. The topological polar surface area (TPSA) is 99.2 Å². The number of benzene rings is 3. The molecule has 29 heavy (non-hydrogen) atoms. The quantitative estimate of drug-likeness (QED) is 0.441. The third-order valence-electron chi connectivity index (χ3n) is 4.30. The molecule has 0 unspecified atom stereocenters. The zero-order chi connectivity index (χ0) is 21.4. The van der Waals surface area contributed by atoms with Gasteiger partial charge in [-0.3, -0.25) is 4.79 Å². The van der Waals surface area contributed by atoms with Crippen molar-refractivity contribution in [3.8, 4) is 5.75 Å². The van der Waals surface area contributed by atoms with Gasteiger partial charge in [-0.2, -0.15) is 0 Å². The summed E-state index contributed by atoms with van der Waals surface area (Å²) in [5.41, 5.74) is 7.53. The van der Waals surface area contributed by atoms with E-state index in [9.17, 15) is 4.79 Å². The zero-order valence-electron chi connectivity index (χ0n) is 16.6. The molecule has 0 bridgehead atoms. The van der Waals surface area contributed by atoms with Crippen LogP contribution in [0.1, 0.15) is 35.3 Å². The number of nitrogens with one attached hydrogen (secondary N) is 2. The molecule has 5 nitrogen and oxygen atoms in total. The lowest BCUT2D eigenvalue weighted by atomic mass is 10.00. The van der Waals surface area contributed by atoms with Crippen LogP contribution < -0.4 is 11.1 Å². The first-order valence-corrected chi connectivity index (χ1v) is 9.71. The summed E-state index contributed by atoms with van der Waals surface area (Å²) in [6.45, 7) is 6.34. The van der Waals surface area contributed by atoms with E-state index in [2.05, 4.69) is 43.4 Å². The fourth-order valence-corrected chi connectivity index (χ4v) is 3.00. The van der Waals surface area contributed by atoms with E-state index >= 15 is 0 Å². The summed E-state index contributed by atoms with van der Waals surface area (Å²) < 4.78 is 0. The number of phenolic OH excluding ortho intramolecular Hbond substituents is 1. The second-order valence-corrected chi connectivity index (χ2v) is 7.47. The maximum Gasteiger partial charge on any atom is 0.248 e. The Hall–Kier alpha value is -2.89. The minimum absolute atomic E-state index is 0.0586. The Labute approximate surface area is 176 Å². The monoisotopic (exact) mass is 411 g/mol. The fraction of sp³-hybridized carbons (Fsp3) is 0.217. The summed E-state index contributed by atoms with van der Waals surface area (Å²) in [6.07, 6.45) is 1.42. The van der Waals surface area contributed by atoms with E-state index in [1.54, 1.807) is 0 Å². The molecule has 0 saturated carbocycles. The molecule has 0 fully saturated rings. The van der Waals surface area contributed by atoms with E-state index in [-0.39, 0.29) is 16.3 Å². The zero-order valence-corrected chi connectivity index (χ0v) is 17.3. The molecule has 0 atom stereocenters. The number of aromatic hydroxyl groups is 1. The molecular formula is C23H26ClN3O2. The molecule has 3 aromatic rings. The van der Waals surface area contributed by atoms with E-state index in [0.29, 0.717) is 5.92 Å². The van der Waals surface area contributed by atoms with Crippen molar-refractivity contribution < 1.29 is 9.90 Å². The number of carbonyl (C=O) groups is 1. The lowest BCUT2D eigenvalue weighted by molar-refractivity contribution is 0.100. The Morgan fingerprint density at radius 2 is 1.86 bits per heavy atom. The number of nitrogens with two attached hydrogens (primary N) is 1. The number of phenols is 1. The Kier molecular flexibility index (Phi) is 8.19. The molecule has 0 radical (unpaired) electrons. The van der Waals surface area contributed by atoms with Crippen molar-refractivity contribution in [2.24, 2.45) is 11.7 Å². The third-order valence-corrected chi connectivity index (χ3v) is 4.61. The van der Waals surface area contributed by atoms with Gasteiger partial charge in [-0.1, -0.05) is 61.8 Å². The second kappa shape index (κ2) is 10.6. The van der Waals surface area contributed by atoms with Crippen LogP contribution in [-0.4, -0.2) is 23.8 Å². The van der Waals surface area contributed by atoms with Gasteiger partial charge in [0.05, 0.1) is 5.02 Å². The fourth-order valence-electron chi connectivity index (χ4n) is 2.82. The highest BCUT2D eigenvalue weighted by molar-refractivity contribution is 6.32. The number of rotatable bonds is 6. The molecule has 0 aliphatic carbocycles. The summed E-state index contributed by atoms with van der Waals surface area (Å²) in [4.78, 5) is 10.5. The van der Waals surface area contributed by atoms with Crippen molar-refractivity contribution in [3.05, 3.63) is 76.3 Å². The largest absolute Gasteiger partial charge is 0.506 e. The molecule has 3 aromatic carbocycles. The van der Waals surface area contributed by atoms with Crippen LogP contribution in [0.25, 0.3) is 10.8 Å². The molecule has 0 aliphatic heterocycles. The number of primary amides is 1. The lowest BCUT2D eigenvalue weighted by Crippen LogP contribution is -2.19. The summed E-state index contributed by atoms with van der Waals surface area (Å²) >= 11 is 5.50. The van der Waals surface area contributed by atoms with Crippen LogP contribution >= 0.6 is 11.6 Å². The van der Waals surface area contributed by atoms with Crippen LogP contribution in [0.15, 0.2) is 54.6 Å². The first-order chi connectivity index (χ1) is 13.8. The summed E-state index contributed by atoms with van der Waals surface area (Å²) in [6, 6.07) is 16.5. The lowest BCUT2D eigenvalue weighted by Gasteiger charge is -2.11. The molecule has 0 saturated heterocycles. The van der Waals surface area contributed by atoms with Crippen molar-refractivity contribution in [2.75, 3.05) is 6.54 Å². The number of fused-ring (bicyclic) bond motifs is 1. The highest BCUT2D eigenvalue weighted by Gasteiger charge is 2.04. The third kappa shape index (κ3) is 6.31. The van der Waals surface area contributed by atoms with Crippen LogP contribution in [0.4, 0.5) is 0 Å². The second-order valence-electron chi connectivity index (χ2n) is 7.06. The smallest absolute Gasteiger partial charge is 0.248 e. The Morgan fingerprint density at radius 3 is 2.45 bits per heavy atom. The molecule has 0 spiro atoms. The number of hydrogen-bond donors (Lipinski definition) is 4. The average molecular weight is 412 g/mol. The van der Waals surface area contributed by atoms with Crippen LogP contribution in [0.3, 0.4) is 0 Å². The summed E-state index contributed by atoms with van der Waals surface area (Å²) in [7, 11) is 0. The van der Waals surface area contributed by atoms with Crippen LogP contribution in [-0.2, 0) is 6.54 Å². The van der Waals surface area contributed by atoms with Crippen molar-refractivity contribution in [3.63, 3.8) is 0 Å². The molecule has 3 rings (SSSR count). The van der Waals surface area contributed by atoms with Crippen molar-refractivity contribution in [1.29, 1.82) is 5.41 Å². The van der Waals surface area contributed by atoms with Gasteiger partial charge in [0.15, 0.2) is 0 Å². The van der Waals surface area contributed by atoms with Crippen LogP contribution in [0.2, 0.25) is 5.02 Å². The van der Waals surface area contributed by atoms with Crippen LogP contribution in [0.5, 0.6) is 5.75 Å². The Balaban J connectivity index is 0.000000234. The predicted octanol–water partition coefficient (Wildman–Crippen LogP) is 4.73. The van der Waals surface area contributed by atoms with Gasteiger partial charge in [0.25, 0.3) is 0 Å². The SMILES string of the molecule is CC(C)CNCc1ccc(C=N)c2ccccc12.NC(=O)c1ccc(O)c(Cl)c1. The molecule has 1 amide bonds. The normalized spacial score (nSPS) is 10.5. The van der Waals surface area contributed by atoms with Crippen molar-refractivity contribution >= 4 is 34.5 Å². The molecule has 6 heteroatoms. The molecule has 0 aliphatic rings.